The maximum atomic E-state index is 11.2. The molecular formula is C21H23N5O3. The van der Waals surface area contributed by atoms with E-state index in [4.69, 9.17) is 5.26 Å². The normalized spacial score (nSPS) is 21.3. The molecule has 0 spiro atoms. The molecule has 0 bridgehead atoms. The number of carboxylic acids is 1. The Kier molecular flexibility index (Phi) is 5.07. The second kappa shape index (κ2) is 7.68. The second-order valence-electron chi connectivity index (χ2n) is 7.70. The predicted molar refractivity (Wildman–Crippen MR) is 107 cm³/mol. The largest absolute Gasteiger partial charge is 0.507 e. The van der Waals surface area contributed by atoms with E-state index in [9.17, 15) is 15.0 Å². The van der Waals surface area contributed by atoms with Crippen molar-refractivity contribution in [1.29, 1.82) is 5.26 Å². The summed E-state index contributed by atoms with van der Waals surface area (Å²) in [4.78, 5) is 13.4. The van der Waals surface area contributed by atoms with E-state index in [0.717, 1.165) is 42.8 Å². The van der Waals surface area contributed by atoms with Crippen molar-refractivity contribution in [3.05, 3.63) is 34.9 Å². The van der Waals surface area contributed by atoms with Gasteiger partial charge in [-0.1, -0.05) is 0 Å². The highest BCUT2D eigenvalue weighted by Crippen LogP contribution is 2.35. The lowest BCUT2D eigenvalue weighted by molar-refractivity contribution is -0.140. The molecule has 2 aliphatic rings. The standard InChI is InChI=1S/C21H23N5O3/c1-12-7-13(10-22)8-18(27)19(12)17-9-14-3-2-6-26(20(14)25-24-17)15-4-5-16(21(28)29)23-11-15/h7-9,15-16,23,27H,2-6,11H2,1H3,(H,28,29)/t15-,16-/m0/s1. The van der Waals surface area contributed by atoms with E-state index < -0.39 is 12.0 Å². The highest BCUT2D eigenvalue weighted by Gasteiger charge is 2.32. The number of rotatable bonds is 3. The number of hydrogen-bond donors (Lipinski definition) is 3. The van der Waals surface area contributed by atoms with Gasteiger partial charge in [-0.25, -0.2) is 0 Å². The Morgan fingerprint density at radius 1 is 1.31 bits per heavy atom. The van der Waals surface area contributed by atoms with Crippen molar-refractivity contribution < 1.29 is 15.0 Å². The zero-order valence-electron chi connectivity index (χ0n) is 16.2. The van der Waals surface area contributed by atoms with Gasteiger partial charge in [0.25, 0.3) is 0 Å². The van der Waals surface area contributed by atoms with Crippen LogP contribution in [0.15, 0.2) is 18.2 Å². The number of carbonyl (C=O) groups is 1. The Morgan fingerprint density at radius 3 is 2.79 bits per heavy atom. The minimum Gasteiger partial charge on any atom is -0.507 e. The smallest absolute Gasteiger partial charge is 0.320 e. The average molecular weight is 393 g/mol. The van der Waals surface area contributed by atoms with E-state index >= 15 is 0 Å². The van der Waals surface area contributed by atoms with Crippen molar-refractivity contribution in [2.75, 3.05) is 18.0 Å². The van der Waals surface area contributed by atoms with Gasteiger partial charge in [-0.2, -0.15) is 5.26 Å². The molecule has 3 N–H and O–H groups in total. The number of carboxylic acid groups (broad SMARTS) is 1. The minimum atomic E-state index is -0.801. The predicted octanol–water partition coefficient (Wildman–Crippen LogP) is 1.99. The molecule has 150 valence electrons. The van der Waals surface area contributed by atoms with Crippen LogP contribution in [0.5, 0.6) is 5.75 Å². The van der Waals surface area contributed by atoms with Crippen LogP contribution >= 0.6 is 0 Å². The van der Waals surface area contributed by atoms with E-state index in [2.05, 4.69) is 20.4 Å². The molecule has 0 radical (unpaired) electrons. The maximum absolute atomic E-state index is 11.2. The second-order valence-corrected chi connectivity index (χ2v) is 7.70. The number of aryl methyl sites for hydroxylation is 2. The van der Waals surface area contributed by atoms with Crippen molar-refractivity contribution in [2.24, 2.45) is 0 Å². The van der Waals surface area contributed by atoms with Crippen LogP contribution < -0.4 is 10.2 Å². The fourth-order valence-electron chi connectivity index (χ4n) is 4.36. The van der Waals surface area contributed by atoms with Crippen LogP contribution in [0, 0.1) is 18.3 Å². The number of anilines is 1. The Hall–Kier alpha value is -3.18. The average Bonchev–Trinajstić information content (AvgIpc) is 2.72. The molecule has 0 unspecified atom stereocenters. The third kappa shape index (κ3) is 3.61. The number of phenols is 1. The number of nitrogens with zero attached hydrogens (tertiary/aromatic N) is 4. The van der Waals surface area contributed by atoms with E-state index in [-0.39, 0.29) is 11.8 Å². The first-order chi connectivity index (χ1) is 14.0. The minimum absolute atomic E-state index is 0.0275. The van der Waals surface area contributed by atoms with E-state index in [0.29, 0.717) is 29.8 Å². The number of hydrogen-bond acceptors (Lipinski definition) is 7. The van der Waals surface area contributed by atoms with Crippen LogP contribution in [0.25, 0.3) is 11.3 Å². The third-order valence-electron chi connectivity index (χ3n) is 5.80. The number of fused-ring (bicyclic) bond motifs is 1. The molecule has 1 saturated heterocycles. The Morgan fingerprint density at radius 2 is 2.14 bits per heavy atom. The summed E-state index contributed by atoms with van der Waals surface area (Å²) < 4.78 is 0. The molecule has 0 amide bonds. The number of nitrogens with one attached hydrogen (secondary N) is 1. The zero-order valence-corrected chi connectivity index (χ0v) is 16.2. The van der Waals surface area contributed by atoms with Crippen LogP contribution in [-0.2, 0) is 11.2 Å². The molecule has 2 atom stereocenters. The monoisotopic (exact) mass is 393 g/mol. The molecule has 3 heterocycles. The summed E-state index contributed by atoms with van der Waals surface area (Å²) in [5.41, 5.74) is 3.45. The first-order valence-electron chi connectivity index (χ1n) is 9.81. The first-order valence-corrected chi connectivity index (χ1v) is 9.81. The molecule has 0 aliphatic carbocycles. The number of aliphatic carboxylic acids is 1. The third-order valence-corrected chi connectivity index (χ3v) is 5.80. The lowest BCUT2D eigenvalue weighted by Gasteiger charge is -2.40. The van der Waals surface area contributed by atoms with Crippen molar-refractivity contribution >= 4 is 11.8 Å². The van der Waals surface area contributed by atoms with Crippen LogP contribution in [-0.4, -0.2) is 51.6 Å². The van der Waals surface area contributed by atoms with Gasteiger partial charge in [0.05, 0.1) is 17.3 Å². The fourth-order valence-corrected chi connectivity index (χ4v) is 4.36. The number of aromatic nitrogens is 2. The van der Waals surface area contributed by atoms with Gasteiger partial charge in [0.2, 0.25) is 0 Å². The van der Waals surface area contributed by atoms with Crippen LogP contribution in [0.4, 0.5) is 5.82 Å². The summed E-state index contributed by atoms with van der Waals surface area (Å²) in [5.74, 6) is 0.0653. The summed E-state index contributed by atoms with van der Waals surface area (Å²) in [5, 5.41) is 40.6. The van der Waals surface area contributed by atoms with Gasteiger partial charge < -0.3 is 20.4 Å². The van der Waals surface area contributed by atoms with Crippen LogP contribution in [0.2, 0.25) is 0 Å². The number of piperidine rings is 1. The molecule has 8 nitrogen and oxygen atoms in total. The molecule has 0 saturated carbocycles. The number of benzene rings is 1. The summed E-state index contributed by atoms with van der Waals surface area (Å²) >= 11 is 0. The van der Waals surface area contributed by atoms with E-state index in [1.54, 1.807) is 6.07 Å². The van der Waals surface area contributed by atoms with E-state index in [1.165, 1.54) is 6.07 Å². The fraction of sp³-hybridized carbons (Fsp3) is 0.429. The Balaban J connectivity index is 1.62. The molecule has 1 aromatic carbocycles. The van der Waals surface area contributed by atoms with Crippen molar-refractivity contribution in [1.82, 2.24) is 15.5 Å². The molecule has 1 fully saturated rings. The topological polar surface area (TPSA) is 122 Å². The van der Waals surface area contributed by atoms with Gasteiger partial charge in [-0.15, -0.1) is 10.2 Å². The summed E-state index contributed by atoms with van der Waals surface area (Å²) in [6.45, 7) is 3.32. The van der Waals surface area contributed by atoms with Gasteiger partial charge in [-0.3, -0.25) is 4.79 Å². The summed E-state index contributed by atoms with van der Waals surface area (Å²) in [6.07, 6.45) is 3.25. The van der Waals surface area contributed by atoms with Crippen molar-refractivity contribution in [3.8, 4) is 23.1 Å². The first kappa shape index (κ1) is 19.2. The lowest BCUT2D eigenvalue weighted by atomic mass is 9.95. The molecular weight excluding hydrogens is 370 g/mol. The molecule has 1 aromatic heterocycles. The van der Waals surface area contributed by atoms with Crippen molar-refractivity contribution in [2.45, 2.75) is 44.7 Å². The lowest BCUT2D eigenvalue weighted by Crippen LogP contribution is -2.53. The van der Waals surface area contributed by atoms with Gasteiger partial charge in [-0.05, 0) is 61.9 Å². The van der Waals surface area contributed by atoms with Crippen molar-refractivity contribution in [3.63, 3.8) is 0 Å². The van der Waals surface area contributed by atoms with Gasteiger partial charge in [0, 0.05) is 24.7 Å². The van der Waals surface area contributed by atoms with E-state index in [1.807, 2.05) is 19.1 Å². The highest BCUT2D eigenvalue weighted by atomic mass is 16.4. The molecule has 2 aliphatic heterocycles. The Labute approximate surface area is 168 Å². The molecule has 8 heteroatoms. The zero-order chi connectivity index (χ0) is 20.5. The Bertz CT molecular complexity index is 969. The maximum Gasteiger partial charge on any atom is 0.320 e. The summed E-state index contributed by atoms with van der Waals surface area (Å²) in [6, 6.07) is 6.90. The van der Waals surface area contributed by atoms with Crippen LogP contribution in [0.1, 0.15) is 36.0 Å². The number of nitriles is 1. The van der Waals surface area contributed by atoms with Gasteiger partial charge >= 0.3 is 5.97 Å². The molecule has 2 aromatic rings. The van der Waals surface area contributed by atoms with Gasteiger partial charge in [0.1, 0.15) is 11.8 Å². The summed E-state index contributed by atoms with van der Waals surface area (Å²) in [7, 11) is 0. The molecule has 4 rings (SSSR count). The highest BCUT2D eigenvalue weighted by molar-refractivity contribution is 5.74. The SMILES string of the molecule is Cc1cc(C#N)cc(O)c1-c1cc2c(nn1)N([C@H]1CC[C@@H](C(=O)O)NC1)CCC2. The number of aromatic hydroxyl groups is 1. The molecule has 29 heavy (non-hydrogen) atoms. The number of phenolic OH excluding ortho intramolecular Hbond substituents is 1. The van der Waals surface area contributed by atoms with Gasteiger partial charge in [0.15, 0.2) is 5.82 Å². The van der Waals surface area contributed by atoms with Crippen LogP contribution in [0.3, 0.4) is 0 Å². The quantitative estimate of drug-likeness (QED) is 0.724.